The quantitative estimate of drug-likeness (QED) is 0.498. The van der Waals surface area contributed by atoms with E-state index in [0.717, 1.165) is 51.7 Å². The fraction of sp³-hybridized carbons (Fsp3) is 0.684. The molecule has 1 atom stereocenters. The lowest BCUT2D eigenvalue weighted by Crippen LogP contribution is -2.43. The molecule has 1 aromatic heterocycles. The lowest BCUT2D eigenvalue weighted by Gasteiger charge is -2.34. The number of anilines is 1. The second-order valence-corrected chi connectivity index (χ2v) is 6.69. The second-order valence-electron chi connectivity index (χ2n) is 6.69. The largest absolute Gasteiger partial charge is 0.465 e. The smallest absolute Gasteiger partial charge is 0.322 e. The number of hydrogen-bond donors (Lipinski definition) is 2. The molecule has 2 rings (SSSR count). The lowest BCUT2D eigenvalue weighted by atomic mass is 10.0. The zero-order valence-electron chi connectivity index (χ0n) is 15.3. The number of pyridine rings is 1. The molecule has 1 aromatic rings. The van der Waals surface area contributed by atoms with Crippen molar-refractivity contribution < 1.29 is 9.53 Å². The standard InChI is InChI=1S/C19H32N4O2/c1-2-3-15-25-19(24)18(20)5-4-10-22-16-8-13-23(14-9-16)17-6-11-21-12-7-17/h6-7,11-12,16,18,22H,2-5,8-10,13-15,20H2,1H3/t18-/m0/s1. The molecule has 0 saturated carbocycles. The van der Waals surface area contributed by atoms with E-state index in [1.807, 2.05) is 12.4 Å². The van der Waals surface area contributed by atoms with Crippen molar-refractivity contribution in [3.63, 3.8) is 0 Å². The Morgan fingerprint density at radius 1 is 1.36 bits per heavy atom. The van der Waals surface area contributed by atoms with E-state index in [1.165, 1.54) is 5.69 Å². The first kappa shape index (κ1) is 19.7. The number of nitrogens with zero attached hydrogens (tertiary/aromatic N) is 2. The fourth-order valence-corrected chi connectivity index (χ4v) is 3.07. The van der Waals surface area contributed by atoms with Gasteiger partial charge < -0.3 is 20.7 Å². The summed E-state index contributed by atoms with van der Waals surface area (Å²) in [7, 11) is 0. The molecular formula is C19H32N4O2. The van der Waals surface area contributed by atoms with E-state index in [2.05, 4.69) is 34.3 Å². The van der Waals surface area contributed by atoms with Gasteiger partial charge in [0, 0.05) is 37.2 Å². The van der Waals surface area contributed by atoms with Gasteiger partial charge in [0.05, 0.1) is 6.61 Å². The Balaban J connectivity index is 1.55. The topological polar surface area (TPSA) is 80.5 Å². The van der Waals surface area contributed by atoms with Crippen LogP contribution in [0.15, 0.2) is 24.5 Å². The van der Waals surface area contributed by atoms with Gasteiger partial charge in [0.25, 0.3) is 0 Å². The number of esters is 1. The Bertz CT molecular complexity index is 489. The van der Waals surface area contributed by atoms with E-state index in [1.54, 1.807) is 0 Å². The summed E-state index contributed by atoms with van der Waals surface area (Å²) in [4.78, 5) is 18.2. The number of nitrogens with one attached hydrogen (secondary N) is 1. The summed E-state index contributed by atoms with van der Waals surface area (Å²) in [6.07, 6.45) is 9.44. The third-order valence-electron chi connectivity index (χ3n) is 4.69. The van der Waals surface area contributed by atoms with Crippen LogP contribution in [0.1, 0.15) is 45.4 Å². The average Bonchev–Trinajstić information content (AvgIpc) is 2.66. The van der Waals surface area contributed by atoms with Gasteiger partial charge in [-0.2, -0.15) is 0 Å². The molecule has 0 spiro atoms. The van der Waals surface area contributed by atoms with Crippen LogP contribution in [0.4, 0.5) is 5.69 Å². The Morgan fingerprint density at radius 2 is 2.08 bits per heavy atom. The van der Waals surface area contributed by atoms with E-state index in [-0.39, 0.29) is 5.97 Å². The van der Waals surface area contributed by atoms with Gasteiger partial charge in [-0.05, 0) is 50.8 Å². The predicted octanol–water partition coefficient (Wildman–Crippen LogP) is 2.09. The highest BCUT2D eigenvalue weighted by molar-refractivity contribution is 5.75. The molecule has 0 aromatic carbocycles. The third kappa shape index (κ3) is 7.00. The summed E-state index contributed by atoms with van der Waals surface area (Å²) >= 11 is 0. The highest BCUT2D eigenvalue weighted by Crippen LogP contribution is 2.18. The van der Waals surface area contributed by atoms with Crippen molar-refractivity contribution in [2.75, 3.05) is 31.1 Å². The maximum absolute atomic E-state index is 11.7. The summed E-state index contributed by atoms with van der Waals surface area (Å²) in [5, 5.41) is 3.59. The minimum absolute atomic E-state index is 0.265. The zero-order chi connectivity index (χ0) is 17.9. The molecule has 0 radical (unpaired) electrons. The monoisotopic (exact) mass is 348 g/mol. The lowest BCUT2D eigenvalue weighted by molar-refractivity contribution is -0.145. The second kappa shape index (κ2) is 11.1. The van der Waals surface area contributed by atoms with E-state index >= 15 is 0 Å². The third-order valence-corrected chi connectivity index (χ3v) is 4.69. The fourth-order valence-electron chi connectivity index (χ4n) is 3.07. The first-order valence-corrected chi connectivity index (χ1v) is 9.51. The maximum atomic E-state index is 11.7. The highest BCUT2D eigenvalue weighted by atomic mass is 16.5. The number of rotatable bonds is 10. The van der Waals surface area contributed by atoms with Gasteiger partial charge >= 0.3 is 5.97 Å². The van der Waals surface area contributed by atoms with E-state index in [4.69, 9.17) is 10.5 Å². The van der Waals surface area contributed by atoms with Crippen LogP contribution in [0.2, 0.25) is 0 Å². The van der Waals surface area contributed by atoms with Gasteiger partial charge in [-0.25, -0.2) is 0 Å². The summed E-state index contributed by atoms with van der Waals surface area (Å²) in [6.45, 7) is 5.57. The molecule has 0 bridgehead atoms. The van der Waals surface area contributed by atoms with E-state index < -0.39 is 6.04 Å². The van der Waals surface area contributed by atoms with Gasteiger partial charge in [0.1, 0.15) is 6.04 Å². The van der Waals surface area contributed by atoms with Crippen LogP contribution in [0, 0.1) is 0 Å². The number of carbonyl (C=O) groups is 1. The molecule has 1 aliphatic rings. The summed E-state index contributed by atoms with van der Waals surface area (Å²) in [6, 6.07) is 4.18. The van der Waals surface area contributed by atoms with E-state index in [9.17, 15) is 4.79 Å². The molecule has 140 valence electrons. The summed E-state index contributed by atoms with van der Waals surface area (Å²) < 4.78 is 5.15. The molecule has 2 heterocycles. The number of nitrogens with two attached hydrogens (primary N) is 1. The van der Waals surface area contributed by atoms with Crippen molar-refractivity contribution in [1.29, 1.82) is 0 Å². The van der Waals surface area contributed by atoms with Crippen molar-refractivity contribution in [2.24, 2.45) is 5.73 Å². The van der Waals surface area contributed by atoms with Crippen molar-refractivity contribution in [3.05, 3.63) is 24.5 Å². The highest BCUT2D eigenvalue weighted by Gasteiger charge is 2.19. The molecular weight excluding hydrogens is 316 g/mol. The van der Waals surface area contributed by atoms with Crippen LogP contribution in [0.3, 0.4) is 0 Å². The van der Waals surface area contributed by atoms with Crippen molar-refractivity contribution in [3.8, 4) is 0 Å². The normalized spacial score (nSPS) is 16.6. The first-order chi connectivity index (χ1) is 12.2. The van der Waals surface area contributed by atoms with Gasteiger partial charge in [-0.1, -0.05) is 13.3 Å². The summed E-state index contributed by atoms with van der Waals surface area (Å²) in [5.41, 5.74) is 7.14. The number of aromatic nitrogens is 1. The Hall–Kier alpha value is -1.66. The van der Waals surface area contributed by atoms with Gasteiger partial charge in [-0.3, -0.25) is 9.78 Å². The maximum Gasteiger partial charge on any atom is 0.322 e. The molecule has 1 fully saturated rings. The Kier molecular flexibility index (Phi) is 8.69. The predicted molar refractivity (Wildman–Crippen MR) is 101 cm³/mol. The van der Waals surface area contributed by atoms with Crippen LogP contribution in [0.25, 0.3) is 0 Å². The molecule has 0 amide bonds. The molecule has 25 heavy (non-hydrogen) atoms. The molecule has 6 nitrogen and oxygen atoms in total. The van der Waals surface area contributed by atoms with Crippen molar-refractivity contribution in [2.45, 2.75) is 57.5 Å². The number of ether oxygens (including phenoxy) is 1. The van der Waals surface area contributed by atoms with Crippen LogP contribution in [0.5, 0.6) is 0 Å². The average molecular weight is 348 g/mol. The van der Waals surface area contributed by atoms with Crippen molar-refractivity contribution in [1.82, 2.24) is 10.3 Å². The summed E-state index contributed by atoms with van der Waals surface area (Å²) in [5.74, 6) is -0.265. The van der Waals surface area contributed by atoms with Crippen LogP contribution >= 0.6 is 0 Å². The van der Waals surface area contributed by atoms with Crippen LogP contribution in [-0.2, 0) is 9.53 Å². The SMILES string of the molecule is CCCCOC(=O)[C@@H](N)CCCNC1CCN(c2ccncc2)CC1. The van der Waals surface area contributed by atoms with E-state index in [0.29, 0.717) is 19.1 Å². The van der Waals surface area contributed by atoms with Gasteiger partial charge in [0.15, 0.2) is 0 Å². The number of piperidine rings is 1. The molecule has 3 N–H and O–H groups in total. The van der Waals surface area contributed by atoms with Gasteiger partial charge in [0.2, 0.25) is 0 Å². The Labute approximate surface area is 151 Å². The molecule has 6 heteroatoms. The zero-order valence-corrected chi connectivity index (χ0v) is 15.3. The van der Waals surface area contributed by atoms with Crippen LogP contribution < -0.4 is 16.0 Å². The molecule has 1 aliphatic heterocycles. The molecule has 0 unspecified atom stereocenters. The Morgan fingerprint density at radius 3 is 2.76 bits per heavy atom. The first-order valence-electron chi connectivity index (χ1n) is 9.51. The number of unbranched alkanes of at least 4 members (excludes halogenated alkanes) is 1. The van der Waals surface area contributed by atoms with Crippen molar-refractivity contribution >= 4 is 11.7 Å². The van der Waals surface area contributed by atoms with Gasteiger partial charge in [-0.15, -0.1) is 0 Å². The van der Waals surface area contributed by atoms with Crippen LogP contribution in [-0.4, -0.2) is 49.3 Å². The number of carbonyl (C=O) groups excluding carboxylic acids is 1. The minimum atomic E-state index is -0.493. The number of hydrogen-bond acceptors (Lipinski definition) is 6. The molecule has 0 aliphatic carbocycles. The molecule has 1 saturated heterocycles. The minimum Gasteiger partial charge on any atom is -0.465 e.